The van der Waals surface area contributed by atoms with Gasteiger partial charge in [0, 0.05) is 23.8 Å². The Labute approximate surface area is 144 Å². The number of likely N-dealkylation sites (tertiary alicyclic amines) is 1. The van der Waals surface area contributed by atoms with Gasteiger partial charge in [0.2, 0.25) is 5.91 Å². The number of aromatic nitrogens is 2. The summed E-state index contributed by atoms with van der Waals surface area (Å²) < 4.78 is 0. The van der Waals surface area contributed by atoms with Gasteiger partial charge in [-0.25, -0.2) is 4.98 Å². The van der Waals surface area contributed by atoms with Crippen molar-refractivity contribution in [3.8, 4) is 0 Å². The van der Waals surface area contributed by atoms with E-state index in [2.05, 4.69) is 35.0 Å². The van der Waals surface area contributed by atoms with E-state index in [-0.39, 0.29) is 11.3 Å². The van der Waals surface area contributed by atoms with Crippen molar-refractivity contribution in [2.75, 3.05) is 23.8 Å². The van der Waals surface area contributed by atoms with Crippen molar-refractivity contribution in [1.82, 2.24) is 14.9 Å². The largest absolute Gasteiger partial charge is 0.340 e. The molecule has 0 spiro atoms. The summed E-state index contributed by atoms with van der Waals surface area (Å²) in [6.45, 7) is 2.95. The van der Waals surface area contributed by atoms with Crippen LogP contribution in [0, 0.1) is 6.92 Å². The standard InChI is InChI=1S/C17H21N3OS2/c1-11-4-5-12-13(9-11)19-16(18-12)14-3-2-6-20(14)17(21)15-10-22-7-8-23-15/h4-5,9,14-15H,2-3,6-8,10H2,1H3,(H,18,19)/t14-,15-/m0/s1. The van der Waals surface area contributed by atoms with Gasteiger partial charge in [-0.3, -0.25) is 4.79 Å². The molecule has 1 aromatic heterocycles. The number of H-pyrrole nitrogens is 1. The van der Waals surface area contributed by atoms with E-state index in [0.29, 0.717) is 5.91 Å². The number of hydrogen-bond donors (Lipinski definition) is 1. The molecule has 4 rings (SSSR count). The number of nitrogens with one attached hydrogen (secondary N) is 1. The fourth-order valence-electron chi connectivity index (χ4n) is 3.43. The van der Waals surface area contributed by atoms with Crippen LogP contribution in [0.1, 0.15) is 30.3 Å². The van der Waals surface area contributed by atoms with E-state index in [1.54, 1.807) is 0 Å². The van der Waals surface area contributed by atoms with E-state index in [9.17, 15) is 4.79 Å². The Bertz CT molecular complexity index is 724. The highest BCUT2D eigenvalue weighted by atomic mass is 32.2. The highest BCUT2D eigenvalue weighted by Crippen LogP contribution is 2.35. The van der Waals surface area contributed by atoms with Crippen LogP contribution in [0.15, 0.2) is 18.2 Å². The lowest BCUT2D eigenvalue weighted by atomic mass is 10.2. The molecular formula is C17H21N3OS2. The number of nitrogens with zero attached hydrogens (tertiary/aromatic N) is 2. The van der Waals surface area contributed by atoms with Crippen LogP contribution in [-0.2, 0) is 4.79 Å². The van der Waals surface area contributed by atoms with Crippen LogP contribution in [0.2, 0.25) is 0 Å². The molecule has 2 atom stereocenters. The number of carbonyl (C=O) groups excluding carboxylic acids is 1. The second kappa shape index (κ2) is 6.40. The Morgan fingerprint density at radius 2 is 2.30 bits per heavy atom. The minimum Gasteiger partial charge on any atom is -0.340 e. The fraction of sp³-hybridized carbons (Fsp3) is 0.529. The van der Waals surface area contributed by atoms with Crippen LogP contribution in [0.5, 0.6) is 0 Å². The molecule has 1 N–H and O–H groups in total. The predicted molar refractivity (Wildman–Crippen MR) is 98.1 cm³/mol. The molecule has 0 unspecified atom stereocenters. The second-order valence-electron chi connectivity index (χ2n) is 6.27. The number of imidazole rings is 1. The van der Waals surface area contributed by atoms with Gasteiger partial charge in [-0.15, -0.1) is 11.8 Å². The first-order valence-corrected chi connectivity index (χ1v) is 10.4. The zero-order chi connectivity index (χ0) is 15.8. The summed E-state index contributed by atoms with van der Waals surface area (Å²) in [4.78, 5) is 23.2. The van der Waals surface area contributed by atoms with Gasteiger partial charge >= 0.3 is 0 Å². The maximum atomic E-state index is 12.9. The number of carbonyl (C=O) groups is 1. The van der Waals surface area contributed by atoms with E-state index in [0.717, 1.165) is 47.7 Å². The van der Waals surface area contributed by atoms with Crippen molar-refractivity contribution in [1.29, 1.82) is 0 Å². The topological polar surface area (TPSA) is 49.0 Å². The number of rotatable bonds is 2. The second-order valence-corrected chi connectivity index (χ2v) is 8.73. The average Bonchev–Trinajstić information content (AvgIpc) is 3.20. The summed E-state index contributed by atoms with van der Waals surface area (Å²) in [6, 6.07) is 6.38. The summed E-state index contributed by atoms with van der Waals surface area (Å²) >= 11 is 3.72. The molecule has 2 aromatic rings. The maximum Gasteiger partial charge on any atom is 0.237 e. The molecule has 1 amide bonds. The van der Waals surface area contributed by atoms with E-state index in [1.807, 2.05) is 23.5 Å². The Balaban J connectivity index is 1.59. The van der Waals surface area contributed by atoms with Crippen molar-refractivity contribution < 1.29 is 4.79 Å². The van der Waals surface area contributed by atoms with Crippen LogP contribution in [0.3, 0.4) is 0 Å². The molecule has 0 saturated carbocycles. The Kier molecular flexibility index (Phi) is 4.28. The first kappa shape index (κ1) is 15.4. The summed E-state index contributed by atoms with van der Waals surface area (Å²) in [5.74, 6) is 4.46. The van der Waals surface area contributed by atoms with Gasteiger partial charge in [0.1, 0.15) is 5.82 Å². The van der Waals surface area contributed by atoms with Gasteiger partial charge in [0.05, 0.1) is 22.3 Å². The van der Waals surface area contributed by atoms with E-state index in [4.69, 9.17) is 4.98 Å². The van der Waals surface area contributed by atoms with Crippen LogP contribution >= 0.6 is 23.5 Å². The monoisotopic (exact) mass is 347 g/mol. The normalized spacial score (nSPS) is 25.2. The quantitative estimate of drug-likeness (QED) is 0.905. The number of hydrogen-bond acceptors (Lipinski definition) is 4. The molecule has 122 valence electrons. The van der Waals surface area contributed by atoms with Crippen molar-refractivity contribution in [2.24, 2.45) is 0 Å². The van der Waals surface area contributed by atoms with Crippen LogP contribution < -0.4 is 0 Å². The summed E-state index contributed by atoms with van der Waals surface area (Å²) in [7, 11) is 0. The molecule has 4 nitrogen and oxygen atoms in total. The Morgan fingerprint density at radius 1 is 1.39 bits per heavy atom. The SMILES string of the molecule is Cc1ccc2nc([C@@H]3CCCN3C(=O)[C@@H]3CSCCS3)[nH]c2c1. The van der Waals surface area contributed by atoms with Gasteiger partial charge in [0.25, 0.3) is 0 Å². The zero-order valence-electron chi connectivity index (χ0n) is 13.2. The molecule has 0 aliphatic carbocycles. The third-order valence-electron chi connectivity index (χ3n) is 4.60. The molecule has 0 bridgehead atoms. The lowest BCUT2D eigenvalue weighted by molar-refractivity contribution is -0.131. The summed E-state index contributed by atoms with van der Waals surface area (Å²) in [6.07, 6.45) is 2.08. The Morgan fingerprint density at radius 3 is 3.13 bits per heavy atom. The van der Waals surface area contributed by atoms with Gasteiger partial charge < -0.3 is 9.88 Å². The predicted octanol–water partition coefficient (Wildman–Crippen LogP) is 3.38. The van der Waals surface area contributed by atoms with Crippen molar-refractivity contribution in [3.05, 3.63) is 29.6 Å². The highest BCUT2D eigenvalue weighted by Gasteiger charge is 2.36. The molecule has 23 heavy (non-hydrogen) atoms. The zero-order valence-corrected chi connectivity index (χ0v) is 14.9. The van der Waals surface area contributed by atoms with Crippen LogP contribution in [0.25, 0.3) is 11.0 Å². The van der Waals surface area contributed by atoms with Crippen molar-refractivity contribution in [3.63, 3.8) is 0 Å². The smallest absolute Gasteiger partial charge is 0.237 e. The first-order valence-electron chi connectivity index (χ1n) is 8.18. The van der Waals surface area contributed by atoms with Crippen molar-refractivity contribution >= 4 is 40.5 Å². The Hall–Kier alpha value is -1.14. The molecule has 2 aliphatic rings. The molecule has 3 heterocycles. The minimum atomic E-state index is 0.114. The molecule has 0 radical (unpaired) electrons. The summed E-state index contributed by atoms with van der Waals surface area (Å²) in [5, 5.41) is 0.126. The van der Waals surface area contributed by atoms with Crippen molar-refractivity contribution in [2.45, 2.75) is 31.1 Å². The van der Waals surface area contributed by atoms with E-state index >= 15 is 0 Å². The van der Waals surface area contributed by atoms with E-state index < -0.39 is 0 Å². The number of amides is 1. The molecule has 1 aromatic carbocycles. The molecular weight excluding hydrogens is 326 g/mol. The average molecular weight is 348 g/mol. The van der Waals surface area contributed by atoms with Gasteiger partial charge in [-0.05, 0) is 37.5 Å². The number of aryl methyl sites for hydroxylation is 1. The third kappa shape index (κ3) is 2.98. The number of thioether (sulfide) groups is 2. The van der Waals surface area contributed by atoms with Gasteiger partial charge in [-0.2, -0.15) is 11.8 Å². The number of aromatic amines is 1. The summed E-state index contributed by atoms with van der Waals surface area (Å²) in [5.41, 5.74) is 3.29. The molecule has 2 saturated heterocycles. The van der Waals surface area contributed by atoms with Crippen LogP contribution in [-0.4, -0.2) is 49.8 Å². The van der Waals surface area contributed by atoms with E-state index in [1.165, 1.54) is 11.3 Å². The third-order valence-corrected chi connectivity index (χ3v) is 7.34. The fourth-order valence-corrected chi connectivity index (χ4v) is 6.05. The first-order chi connectivity index (χ1) is 11.2. The minimum absolute atomic E-state index is 0.114. The highest BCUT2D eigenvalue weighted by molar-refractivity contribution is 8.07. The molecule has 2 aliphatic heterocycles. The number of fused-ring (bicyclic) bond motifs is 1. The lowest BCUT2D eigenvalue weighted by Crippen LogP contribution is -2.40. The maximum absolute atomic E-state index is 12.9. The number of benzene rings is 1. The molecule has 2 fully saturated rings. The van der Waals surface area contributed by atoms with Gasteiger partial charge in [0.15, 0.2) is 0 Å². The van der Waals surface area contributed by atoms with Gasteiger partial charge in [-0.1, -0.05) is 6.07 Å². The molecule has 6 heteroatoms. The lowest BCUT2D eigenvalue weighted by Gasteiger charge is -2.29. The van der Waals surface area contributed by atoms with Crippen LogP contribution in [0.4, 0.5) is 0 Å².